The van der Waals surface area contributed by atoms with Crippen LogP contribution in [0, 0.1) is 5.92 Å². The molecule has 0 saturated carbocycles. The van der Waals surface area contributed by atoms with Crippen LogP contribution in [0.2, 0.25) is 58.9 Å². The van der Waals surface area contributed by atoms with Gasteiger partial charge in [0.15, 0.2) is 31.1 Å². The lowest BCUT2D eigenvalue weighted by Gasteiger charge is -2.45. The minimum absolute atomic E-state index is 0.210. The molecule has 1 fully saturated rings. The Balaban J connectivity index is 3.07. The predicted octanol–water partition coefficient (Wildman–Crippen LogP) is 3.84. The number of rotatable bonds is 7. The Kier molecular flexibility index (Phi) is 7.08. The van der Waals surface area contributed by atoms with Crippen LogP contribution in [0.25, 0.3) is 0 Å². The van der Waals surface area contributed by atoms with E-state index >= 15 is 0 Å². The molecule has 4 atom stereocenters. The van der Waals surface area contributed by atoms with Crippen LogP contribution in [0.5, 0.6) is 0 Å². The van der Waals surface area contributed by atoms with Gasteiger partial charge < -0.3 is 18.0 Å². The minimum atomic E-state index is -1.83. The first-order valence-electron chi connectivity index (χ1n) is 8.79. The molecule has 8 heteroatoms. The molecule has 0 radical (unpaired) electrons. The Hall–Kier alpha value is 0.000649. The van der Waals surface area contributed by atoms with Gasteiger partial charge in [-0.2, -0.15) is 0 Å². The second-order valence-electron chi connectivity index (χ2n) is 9.58. The molecule has 0 amide bonds. The van der Waals surface area contributed by atoms with Gasteiger partial charge >= 0.3 is 5.97 Å². The molecule has 142 valence electrons. The maximum absolute atomic E-state index is 12.4. The van der Waals surface area contributed by atoms with Crippen LogP contribution >= 0.6 is 0 Å². The number of ether oxygens (including phenoxy) is 1. The zero-order valence-corrected chi connectivity index (χ0v) is 20.1. The van der Waals surface area contributed by atoms with Gasteiger partial charge in [-0.15, -0.1) is 0 Å². The van der Waals surface area contributed by atoms with Crippen LogP contribution in [0.3, 0.4) is 0 Å². The van der Waals surface area contributed by atoms with Crippen LogP contribution < -0.4 is 0 Å². The highest BCUT2D eigenvalue weighted by Gasteiger charge is 2.48. The third-order valence-electron chi connectivity index (χ3n) is 3.48. The fourth-order valence-electron chi connectivity index (χ4n) is 2.54. The van der Waals surface area contributed by atoms with E-state index in [1.807, 2.05) is 6.92 Å². The van der Waals surface area contributed by atoms with Gasteiger partial charge in [0.05, 0.1) is 18.6 Å². The van der Waals surface area contributed by atoms with E-state index in [1.54, 1.807) is 0 Å². The maximum Gasteiger partial charge on any atom is 0.311 e. The van der Waals surface area contributed by atoms with Crippen molar-refractivity contribution in [3.05, 3.63) is 0 Å². The van der Waals surface area contributed by atoms with E-state index in [1.165, 1.54) is 0 Å². The lowest BCUT2D eigenvalue weighted by atomic mass is 9.93. The first-order valence-corrected chi connectivity index (χ1v) is 19.0. The highest BCUT2D eigenvalue weighted by atomic mass is 28.4. The van der Waals surface area contributed by atoms with Gasteiger partial charge in [-0.25, -0.2) is 0 Å². The van der Waals surface area contributed by atoms with Crippen molar-refractivity contribution in [2.24, 2.45) is 5.92 Å². The fraction of sp³-hybridized carbons (Fsp3) is 0.938. The molecule has 5 nitrogen and oxygen atoms in total. The molecule has 0 spiro atoms. The molecule has 0 bridgehead atoms. The molecule has 0 aromatic rings. The fourth-order valence-corrected chi connectivity index (χ4v) is 5.46. The number of carbonyl (C=O) groups is 1. The number of hydrogen-bond donors (Lipinski definition) is 0. The molecule has 0 aromatic carbocycles. The molecule has 4 unspecified atom stereocenters. The van der Waals surface area contributed by atoms with Crippen molar-refractivity contribution >= 4 is 30.9 Å². The molecule has 24 heavy (non-hydrogen) atoms. The summed E-state index contributed by atoms with van der Waals surface area (Å²) in [4.78, 5) is 12.4. The predicted molar refractivity (Wildman–Crippen MR) is 105 cm³/mol. The van der Waals surface area contributed by atoms with E-state index < -0.39 is 31.1 Å². The van der Waals surface area contributed by atoms with E-state index in [0.717, 1.165) is 0 Å². The number of cyclic esters (lactones) is 1. The molecule has 1 aliphatic rings. The Morgan fingerprint density at radius 1 is 0.833 bits per heavy atom. The van der Waals surface area contributed by atoms with Crippen molar-refractivity contribution in [1.82, 2.24) is 0 Å². The van der Waals surface area contributed by atoms with Crippen LogP contribution in [-0.2, 0) is 22.8 Å². The summed E-state index contributed by atoms with van der Waals surface area (Å²) < 4.78 is 24.5. The first-order chi connectivity index (χ1) is 10.6. The Morgan fingerprint density at radius 3 is 1.71 bits per heavy atom. The average molecular weight is 393 g/mol. The van der Waals surface area contributed by atoms with Gasteiger partial charge in [0, 0.05) is 0 Å². The second-order valence-corrected chi connectivity index (χ2v) is 23.0. The topological polar surface area (TPSA) is 54.0 Å². The number of esters is 1. The summed E-state index contributed by atoms with van der Waals surface area (Å²) in [6.45, 7) is 21.5. The van der Waals surface area contributed by atoms with Crippen LogP contribution in [0.1, 0.15) is 6.92 Å². The highest BCUT2D eigenvalue weighted by Crippen LogP contribution is 2.31. The Labute approximate surface area is 150 Å². The van der Waals surface area contributed by atoms with Gasteiger partial charge in [0.2, 0.25) is 0 Å². The quantitative estimate of drug-likeness (QED) is 0.487. The van der Waals surface area contributed by atoms with Gasteiger partial charge in [-0.1, -0.05) is 0 Å². The standard InChI is InChI=1S/C16H36O5Si3/c1-12-14(20-23(5,6)7)15(21-24(8,9)10)13(19-16(12)17)11-18-22(2,3)4/h12-15H,11H2,1-10H3. The monoisotopic (exact) mass is 392 g/mol. The molecule has 1 heterocycles. The van der Waals surface area contributed by atoms with Crippen molar-refractivity contribution < 1.29 is 22.8 Å². The lowest BCUT2D eigenvalue weighted by molar-refractivity contribution is -0.188. The van der Waals surface area contributed by atoms with Gasteiger partial charge in [-0.05, 0) is 65.8 Å². The smallest absolute Gasteiger partial charge is 0.311 e. The third kappa shape index (κ3) is 7.49. The molecule has 1 rings (SSSR count). The van der Waals surface area contributed by atoms with E-state index in [0.29, 0.717) is 6.61 Å². The molecule has 1 saturated heterocycles. The zero-order valence-electron chi connectivity index (χ0n) is 17.1. The highest BCUT2D eigenvalue weighted by molar-refractivity contribution is 6.70. The number of carbonyl (C=O) groups excluding carboxylic acids is 1. The first kappa shape index (κ1) is 22.0. The molecular formula is C16H36O5Si3. The van der Waals surface area contributed by atoms with E-state index in [4.69, 9.17) is 18.0 Å². The van der Waals surface area contributed by atoms with Crippen molar-refractivity contribution in [3.63, 3.8) is 0 Å². The summed E-state index contributed by atoms with van der Waals surface area (Å²) in [5, 5.41) is 0. The average Bonchev–Trinajstić information content (AvgIpc) is 2.32. The number of hydrogen-bond acceptors (Lipinski definition) is 5. The van der Waals surface area contributed by atoms with E-state index in [9.17, 15) is 4.79 Å². The summed E-state index contributed by atoms with van der Waals surface area (Å²) in [7, 11) is -5.36. The van der Waals surface area contributed by atoms with Crippen molar-refractivity contribution in [1.29, 1.82) is 0 Å². The Bertz CT molecular complexity index is 436. The summed E-state index contributed by atoms with van der Waals surface area (Å²) >= 11 is 0. The van der Waals surface area contributed by atoms with Gasteiger partial charge in [0.25, 0.3) is 0 Å². The lowest BCUT2D eigenvalue weighted by Crippen LogP contribution is -2.60. The van der Waals surface area contributed by atoms with Crippen molar-refractivity contribution in [3.8, 4) is 0 Å². The minimum Gasteiger partial charge on any atom is -0.457 e. The van der Waals surface area contributed by atoms with Crippen molar-refractivity contribution in [2.45, 2.75) is 84.2 Å². The SMILES string of the molecule is CC1C(=O)OC(CO[Si](C)(C)C)C(O[Si](C)(C)C)C1O[Si](C)(C)C. The third-order valence-corrected chi connectivity index (χ3v) is 6.47. The molecule has 0 N–H and O–H groups in total. The second kappa shape index (κ2) is 7.71. The molecule has 0 aliphatic carbocycles. The van der Waals surface area contributed by atoms with Crippen LogP contribution in [0.4, 0.5) is 0 Å². The molecule has 1 aliphatic heterocycles. The van der Waals surface area contributed by atoms with E-state index in [-0.39, 0.29) is 24.1 Å². The molecule has 0 aromatic heterocycles. The summed E-state index contributed by atoms with van der Waals surface area (Å²) in [5.41, 5.74) is 0. The van der Waals surface area contributed by atoms with Crippen molar-refractivity contribution in [2.75, 3.05) is 6.61 Å². The molecular weight excluding hydrogens is 356 g/mol. The Morgan fingerprint density at radius 2 is 1.29 bits per heavy atom. The van der Waals surface area contributed by atoms with E-state index in [2.05, 4.69) is 58.9 Å². The normalized spacial score (nSPS) is 29.5. The largest absolute Gasteiger partial charge is 0.457 e. The summed E-state index contributed by atoms with van der Waals surface area (Å²) in [5.74, 6) is -0.529. The summed E-state index contributed by atoms with van der Waals surface area (Å²) in [6, 6.07) is 0. The van der Waals surface area contributed by atoms with Crippen LogP contribution in [-0.4, -0.2) is 55.8 Å². The van der Waals surface area contributed by atoms with Crippen LogP contribution in [0.15, 0.2) is 0 Å². The summed E-state index contributed by atoms with van der Waals surface area (Å²) in [6.07, 6.45) is -0.916. The maximum atomic E-state index is 12.4. The van der Waals surface area contributed by atoms with Gasteiger partial charge in [-0.3, -0.25) is 4.79 Å². The zero-order chi connectivity index (χ0) is 18.9. The van der Waals surface area contributed by atoms with Gasteiger partial charge in [0.1, 0.15) is 6.10 Å².